The molecule has 0 unspecified atom stereocenters. The molecule has 0 rings (SSSR count). The molecular weight excluding hydrogens is 203 g/mol. The van der Waals surface area contributed by atoms with Crippen LogP contribution in [0.15, 0.2) is 0 Å². The van der Waals surface area contributed by atoms with E-state index in [2.05, 4.69) is 16.0 Å². The SMILES string of the molecule is OC[C@@H](O)[C@H](O)[C@@H](O)C[Se]. The molecule has 1 radical (unpaired) electrons. The second kappa shape index (κ2) is 5.07. The van der Waals surface area contributed by atoms with Crippen LogP contribution in [-0.4, -0.2) is 61.4 Å². The van der Waals surface area contributed by atoms with Crippen molar-refractivity contribution in [2.75, 3.05) is 6.61 Å². The summed E-state index contributed by atoms with van der Waals surface area (Å²) in [5.41, 5.74) is 0. The third kappa shape index (κ3) is 2.96. The van der Waals surface area contributed by atoms with Gasteiger partial charge in [0, 0.05) is 0 Å². The van der Waals surface area contributed by atoms with Gasteiger partial charge in [0.25, 0.3) is 0 Å². The summed E-state index contributed by atoms with van der Waals surface area (Å²) < 4.78 is 0. The van der Waals surface area contributed by atoms with Crippen LogP contribution in [0.5, 0.6) is 0 Å². The monoisotopic (exact) mass is 215 g/mol. The predicted octanol–water partition coefficient (Wildman–Crippen LogP) is -2.35. The Kier molecular flexibility index (Phi) is 5.25. The maximum absolute atomic E-state index is 8.91. The van der Waals surface area contributed by atoms with Gasteiger partial charge < -0.3 is 0 Å². The van der Waals surface area contributed by atoms with E-state index < -0.39 is 24.9 Å². The van der Waals surface area contributed by atoms with Crippen LogP contribution in [-0.2, 0) is 0 Å². The van der Waals surface area contributed by atoms with Crippen LogP contribution in [0.2, 0.25) is 5.32 Å². The predicted molar refractivity (Wildman–Crippen MR) is 35.7 cm³/mol. The van der Waals surface area contributed by atoms with E-state index in [0.29, 0.717) is 0 Å². The molecule has 0 amide bonds. The van der Waals surface area contributed by atoms with Crippen LogP contribution in [0.3, 0.4) is 0 Å². The van der Waals surface area contributed by atoms with Crippen LogP contribution >= 0.6 is 0 Å². The van der Waals surface area contributed by atoms with Crippen molar-refractivity contribution < 1.29 is 20.4 Å². The Morgan fingerprint density at radius 3 is 1.90 bits per heavy atom. The van der Waals surface area contributed by atoms with Crippen molar-refractivity contribution in [2.45, 2.75) is 23.6 Å². The summed E-state index contributed by atoms with van der Waals surface area (Å²) in [7, 11) is 0. The van der Waals surface area contributed by atoms with E-state index in [0.717, 1.165) is 0 Å². The number of hydrogen-bond acceptors (Lipinski definition) is 4. The normalized spacial score (nSPS) is 20.1. The van der Waals surface area contributed by atoms with Crippen molar-refractivity contribution in [3.63, 3.8) is 0 Å². The van der Waals surface area contributed by atoms with Crippen molar-refractivity contribution in [3.8, 4) is 0 Å². The van der Waals surface area contributed by atoms with Gasteiger partial charge in [0.15, 0.2) is 0 Å². The number of aliphatic hydroxyl groups excluding tert-OH is 4. The van der Waals surface area contributed by atoms with Crippen LogP contribution in [0.1, 0.15) is 0 Å². The Balaban J connectivity index is 3.69. The average Bonchev–Trinajstić information content (AvgIpc) is 2.00. The van der Waals surface area contributed by atoms with Crippen molar-refractivity contribution in [3.05, 3.63) is 0 Å². The third-order valence-electron chi connectivity index (χ3n) is 1.15. The van der Waals surface area contributed by atoms with Crippen LogP contribution < -0.4 is 0 Å². The first kappa shape index (κ1) is 10.4. The Morgan fingerprint density at radius 1 is 1.10 bits per heavy atom. The summed E-state index contributed by atoms with van der Waals surface area (Å²) in [6.07, 6.45) is -3.54. The Hall–Kier alpha value is 0.359. The molecule has 61 valence electrons. The molecule has 0 saturated heterocycles. The second-order valence-corrected chi connectivity index (χ2v) is 2.67. The van der Waals surface area contributed by atoms with Crippen LogP contribution in [0.4, 0.5) is 0 Å². The molecule has 4 N–H and O–H groups in total. The Bertz CT molecular complexity index is 79.7. The fraction of sp³-hybridized carbons (Fsp3) is 1.00. The molecule has 0 heterocycles. The Labute approximate surface area is 67.3 Å². The molecule has 0 aromatic heterocycles. The molecule has 0 fully saturated rings. The molecule has 4 nitrogen and oxygen atoms in total. The molecule has 0 bridgehead atoms. The van der Waals surface area contributed by atoms with Gasteiger partial charge in [0.1, 0.15) is 0 Å². The fourth-order valence-corrected chi connectivity index (χ4v) is 0.877. The summed E-state index contributed by atoms with van der Waals surface area (Å²) in [5.74, 6) is 0. The van der Waals surface area contributed by atoms with Gasteiger partial charge in [0.05, 0.1) is 0 Å². The van der Waals surface area contributed by atoms with E-state index in [1.54, 1.807) is 0 Å². The van der Waals surface area contributed by atoms with Crippen molar-refractivity contribution in [2.24, 2.45) is 0 Å². The molecule has 0 spiro atoms. The van der Waals surface area contributed by atoms with E-state index in [-0.39, 0.29) is 5.32 Å². The summed E-state index contributed by atoms with van der Waals surface area (Å²) >= 11 is 2.50. The van der Waals surface area contributed by atoms with E-state index in [1.165, 1.54) is 0 Å². The van der Waals surface area contributed by atoms with Gasteiger partial charge in [-0.15, -0.1) is 0 Å². The molecule has 5 heteroatoms. The van der Waals surface area contributed by atoms with E-state index in [9.17, 15) is 0 Å². The molecule has 10 heavy (non-hydrogen) atoms. The summed E-state index contributed by atoms with van der Waals surface area (Å²) in [5, 5.41) is 35.1. The third-order valence-corrected chi connectivity index (χ3v) is 1.86. The van der Waals surface area contributed by atoms with E-state index in [4.69, 9.17) is 20.4 Å². The average molecular weight is 214 g/mol. The first-order valence-electron chi connectivity index (χ1n) is 2.86. The number of aliphatic hydroxyl groups is 4. The van der Waals surface area contributed by atoms with Crippen molar-refractivity contribution >= 4 is 16.0 Å². The Morgan fingerprint density at radius 2 is 1.60 bits per heavy atom. The summed E-state index contributed by atoms with van der Waals surface area (Å²) in [6.45, 7) is -0.543. The molecular formula is C5H11O4Se. The zero-order valence-electron chi connectivity index (χ0n) is 5.34. The van der Waals surface area contributed by atoms with Crippen molar-refractivity contribution in [1.29, 1.82) is 0 Å². The van der Waals surface area contributed by atoms with Crippen LogP contribution in [0, 0.1) is 0 Å². The van der Waals surface area contributed by atoms with Gasteiger partial charge >= 0.3 is 66.7 Å². The molecule has 0 saturated carbocycles. The van der Waals surface area contributed by atoms with Gasteiger partial charge in [-0.1, -0.05) is 0 Å². The topological polar surface area (TPSA) is 80.9 Å². The molecule has 0 aliphatic heterocycles. The molecule has 0 aromatic rings. The van der Waals surface area contributed by atoms with Crippen LogP contribution in [0.25, 0.3) is 0 Å². The zero-order valence-corrected chi connectivity index (χ0v) is 7.06. The zero-order chi connectivity index (χ0) is 8.15. The quantitative estimate of drug-likeness (QED) is 0.395. The maximum atomic E-state index is 8.91. The molecule has 0 aliphatic carbocycles. The standard InChI is InChI=1S/C5H11O4Se/c6-1-3(7)5(9)4(8)2-10/h3-9H,1-2H2/t3-,4+,5+/m1/s1. The van der Waals surface area contributed by atoms with E-state index >= 15 is 0 Å². The second-order valence-electron chi connectivity index (χ2n) is 1.97. The summed E-state index contributed by atoms with van der Waals surface area (Å²) in [4.78, 5) is 0. The van der Waals surface area contributed by atoms with Gasteiger partial charge in [0.2, 0.25) is 0 Å². The van der Waals surface area contributed by atoms with Gasteiger partial charge in [-0.2, -0.15) is 0 Å². The number of hydrogen-bond donors (Lipinski definition) is 4. The molecule has 0 aromatic carbocycles. The minimum absolute atomic E-state index is 0.234. The van der Waals surface area contributed by atoms with Gasteiger partial charge in [-0.05, 0) is 0 Å². The molecule has 3 atom stereocenters. The fourth-order valence-electron chi connectivity index (χ4n) is 0.463. The molecule has 0 aliphatic rings. The first-order chi connectivity index (χ1) is 4.63. The van der Waals surface area contributed by atoms with Crippen molar-refractivity contribution in [1.82, 2.24) is 0 Å². The number of rotatable bonds is 4. The van der Waals surface area contributed by atoms with E-state index in [1.807, 2.05) is 0 Å². The summed E-state index contributed by atoms with van der Waals surface area (Å²) in [6, 6.07) is 0. The van der Waals surface area contributed by atoms with Gasteiger partial charge in [-0.3, -0.25) is 0 Å². The minimum atomic E-state index is -1.27. The first-order valence-corrected chi connectivity index (χ1v) is 4.07. The van der Waals surface area contributed by atoms with Gasteiger partial charge in [-0.25, -0.2) is 0 Å².